The Morgan fingerprint density at radius 1 is 1.23 bits per heavy atom. The van der Waals surface area contributed by atoms with Gasteiger partial charge in [-0.05, 0) is 6.08 Å². The summed E-state index contributed by atoms with van der Waals surface area (Å²) in [4.78, 5) is 20.0. The van der Waals surface area contributed by atoms with Gasteiger partial charge >= 0.3 is 11.9 Å². The summed E-state index contributed by atoms with van der Waals surface area (Å²) in [5, 5.41) is 34.2. The zero-order chi connectivity index (χ0) is 10.5. The van der Waals surface area contributed by atoms with Crippen LogP contribution in [0.4, 0.5) is 0 Å². The largest absolute Gasteiger partial charge is 0.481 e. The van der Waals surface area contributed by atoms with Gasteiger partial charge in [-0.15, -0.1) is 0 Å². The van der Waals surface area contributed by atoms with E-state index >= 15 is 0 Å². The van der Waals surface area contributed by atoms with Crippen LogP contribution in [0.5, 0.6) is 0 Å². The summed E-state index contributed by atoms with van der Waals surface area (Å²) in [7, 11) is 0. The van der Waals surface area contributed by atoms with Crippen LogP contribution in [-0.2, 0) is 9.59 Å². The third-order valence-electron chi connectivity index (χ3n) is 1.20. The van der Waals surface area contributed by atoms with Crippen LogP contribution in [0.2, 0.25) is 0 Å². The monoisotopic (exact) mass is 190 g/mol. The third kappa shape index (κ3) is 6.98. The molecule has 0 saturated carbocycles. The minimum Gasteiger partial charge on any atom is -0.481 e. The van der Waals surface area contributed by atoms with Crippen LogP contribution in [0.3, 0.4) is 0 Å². The third-order valence-corrected chi connectivity index (χ3v) is 1.20. The van der Waals surface area contributed by atoms with E-state index in [-0.39, 0.29) is 0 Å². The topological polar surface area (TPSA) is 115 Å². The Hall–Kier alpha value is -1.40. The SMILES string of the molecule is O=C(O)C=CC(O)(O)CCC(=O)O. The Labute approximate surface area is 73.7 Å². The lowest BCUT2D eigenvalue weighted by atomic mass is 10.1. The van der Waals surface area contributed by atoms with E-state index in [2.05, 4.69) is 0 Å². The van der Waals surface area contributed by atoms with Crippen LogP contribution in [0, 0.1) is 0 Å². The first-order chi connectivity index (χ1) is 5.83. The molecule has 0 aliphatic rings. The first-order valence-electron chi connectivity index (χ1n) is 3.42. The number of carbonyl (C=O) groups is 2. The predicted octanol–water partition coefficient (Wildman–Crippen LogP) is -0.827. The summed E-state index contributed by atoms with van der Waals surface area (Å²) in [6.45, 7) is 0. The molecular weight excluding hydrogens is 180 g/mol. The second-order valence-electron chi connectivity index (χ2n) is 2.44. The number of rotatable bonds is 5. The Morgan fingerprint density at radius 2 is 1.77 bits per heavy atom. The van der Waals surface area contributed by atoms with Crippen LogP contribution in [0.15, 0.2) is 12.2 Å². The molecule has 6 nitrogen and oxygen atoms in total. The van der Waals surface area contributed by atoms with Gasteiger partial charge in [0.15, 0.2) is 5.79 Å². The average Bonchev–Trinajstić information content (AvgIpc) is 1.98. The van der Waals surface area contributed by atoms with Crippen LogP contribution >= 0.6 is 0 Å². The molecule has 0 aliphatic carbocycles. The van der Waals surface area contributed by atoms with Gasteiger partial charge in [0.25, 0.3) is 0 Å². The van der Waals surface area contributed by atoms with Gasteiger partial charge in [-0.25, -0.2) is 4.79 Å². The highest BCUT2D eigenvalue weighted by molar-refractivity contribution is 5.79. The Bertz CT molecular complexity index is 229. The van der Waals surface area contributed by atoms with Crippen molar-refractivity contribution in [2.75, 3.05) is 0 Å². The normalized spacial score (nSPS) is 11.8. The van der Waals surface area contributed by atoms with Gasteiger partial charge in [0.1, 0.15) is 0 Å². The average molecular weight is 190 g/mol. The quantitative estimate of drug-likeness (QED) is 0.332. The van der Waals surface area contributed by atoms with Gasteiger partial charge in [-0.2, -0.15) is 0 Å². The molecule has 0 aromatic heterocycles. The van der Waals surface area contributed by atoms with E-state index in [0.29, 0.717) is 12.2 Å². The van der Waals surface area contributed by atoms with Crippen LogP contribution < -0.4 is 0 Å². The molecule has 0 amide bonds. The molecule has 0 aliphatic heterocycles. The number of hydrogen-bond donors (Lipinski definition) is 4. The van der Waals surface area contributed by atoms with Gasteiger partial charge in [0.2, 0.25) is 0 Å². The Balaban J connectivity index is 4.07. The highest BCUT2D eigenvalue weighted by Crippen LogP contribution is 2.10. The van der Waals surface area contributed by atoms with Crippen molar-refractivity contribution in [2.45, 2.75) is 18.6 Å². The zero-order valence-corrected chi connectivity index (χ0v) is 6.67. The summed E-state index contributed by atoms with van der Waals surface area (Å²) < 4.78 is 0. The molecule has 0 atom stereocenters. The smallest absolute Gasteiger partial charge is 0.328 e. The fourth-order valence-electron chi connectivity index (χ4n) is 0.579. The van der Waals surface area contributed by atoms with Crippen LogP contribution in [-0.4, -0.2) is 38.2 Å². The minimum absolute atomic E-state index is 0.447. The Kier molecular flexibility index (Phi) is 4.09. The van der Waals surface area contributed by atoms with Gasteiger partial charge in [-0.3, -0.25) is 4.79 Å². The lowest BCUT2D eigenvalue weighted by Gasteiger charge is -2.15. The summed E-state index contributed by atoms with van der Waals surface area (Å²) in [6, 6.07) is 0. The maximum atomic E-state index is 10.0. The van der Waals surface area contributed by atoms with Crippen LogP contribution in [0.1, 0.15) is 12.8 Å². The fourth-order valence-corrected chi connectivity index (χ4v) is 0.579. The van der Waals surface area contributed by atoms with Crippen LogP contribution in [0.25, 0.3) is 0 Å². The number of aliphatic carboxylic acids is 2. The standard InChI is InChI=1S/C7H10O6/c8-5(9)1-3-7(12,13)4-2-6(10)11/h1,3,12-13H,2,4H2,(H,8,9)(H,10,11). The van der Waals surface area contributed by atoms with Gasteiger partial charge < -0.3 is 20.4 Å². The Morgan fingerprint density at radius 3 is 2.15 bits per heavy atom. The first-order valence-corrected chi connectivity index (χ1v) is 3.42. The second-order valence-corrected chi connectivity index (χ2v) is 2.44. The molecule has 0 saturated heterocycles. The van der Waals surface area contributed by atoms with Gasteiger partial charge in [0, 0.05) is 12.5 Å². The zero-order valence-electron chi connectivity index (χ0n) is 6.67. The lowest BCUT2D eigenvalue weighted by Crippen LogP contribution is -2.26. The number of hydrogen-bond acceptors (Lipinski definition) is 4. The molecule has 0 spiro atoms. The molecule has 0 unspecified atom stereocenters. The van der Waals surface area contributed by atoms with Gasteiger partial charge in [0.05, 0.1) is 6.42 Å². The summed E-state index contributed by atoms with van der Waals surface area (Å²) in [5.74, 6) is -4.89. The molecule has 0 heterocycles. The summed E-state index contributed by atoms with van der Waals surface area (Å²) >= 11 is 0. The molecular formula is C7H10O6. The number of aliphatic hydroxyl groups is 2. The van der Waals surface area contributed by atoms with E-state index < -0.39 is 30.6 Å². The minimum atomic E-state index is -2.38. The first kappa shape index (κ1) is 11.6. The van der Waals surface area contributed by atoms with E-state index in [1.54, 1.807) is 0 Å². The molecule has 0 aromatic carbocycles. The lowest BCUT2D eigenvalue weighted by molar-refractivity contribution is -0.148. The van der Waals surface area contributed by atoms with E-state index in [9.17, 15) is 9.59 Å². The summed E-state index contributed by atoms with van der Waals surface area (Å²) in [6.07, 6.45) is 0.267. The number of carboxylic acid groups (broad SMARTS) is 2. The molecule has 0 rings (SSSR count). The van der Waals surface area contributed by atoms with E-state index in [0.717, 1.165) is 0 Å². The fraction of sp³-hybridized carbons (Fsp3) is 0.429. The highest BCUT2D eigenvalue weighted by atomic mass is 16.5. The predicted molar refractivity (Wildman–Crippen MR) is 40.8 cm³/mol. The molecule has 13 heavy (non-hydrogen) atoms. The van der Waals surface area contributed by atoms with Crippen molar-refractivity contribution >= 4 is 11.9 Å². The molecule has 0 radical (unpaired) electrons. The van der Waals surface area contributed by atoms with Crippen molar-refractivity contribution in [1.82, 2.24) is 0 Å². The van der Waals surface area contributed by atoms with Crippen molar-refractivity contribution in [3.8, 4) is 0 Å². The molecule has 6 heteroatoms. The maximum absolute atomic E-state index is 10.0. The van der Waals surface area contributed by atoms with Crippen molar-refractivity contribution in [3.63, 3.8) is 0 Å². The molecule has 0 fully saturated rings. The molecule has 4 N–H and O–H groups in total. The van der Waals surface area contributed by atoms with Crippen molar-refractivity contribution in [1.29, 1.82) is 0 Å². The van der Waals surface area contributed by atoms with Gasteiger partial charge in [-0.1, -0.05) is 0 Å². The second kappa shape index (κ2) is 4.58. The van der Waals surface area contributed by atoms with E-state index in [1.807, 2.05) is 0 Å². The van der Waals surface area contributed by atoms with Crippen molar-refractivity contribution in [2.24, 2.45) is 0 Å². The highest BCUT2D eigenvalue weighted by Gasteiger charge is 2.20. The number of carboxylic acids is 2. The molecule has 0 bridgehead atoms. The molecule has 0 aromatic rings. The maximum Gasteiger partial charge on any atom is 0.328 e. The van der Waals surface area contributed by atoms with E-state index in [4.69, 9.17) is 20.4 Å². The van der Waals surface area contributed by atoms with Crippen molar-refractivity contribution < 1.29 is 30.0 Å². The summed E-state index contributed by atoms with van der Waals surface area (Å²) in [5.41, 5.74) is 0. The van der Waals surface area contributed by atoms with Crippen molar-refractivity contribution in [3.05, 3.63) is 12.2 Å². The molecule has 74 valence electrons. The van der Waals surface area contributed by atoms with E-state index in [1.165, 1.54) is 0 Å².